The van der Waals surface area contributed by atoms with Crippen molar-refractivity contribution in [2.45, 2.75) is 57.7 Å². The Bertz CT molecular complexity index is 527. The second-order valence-corrected chi connectivity index (χ2v) is 6.92. The molecule has 2 N–H and O–H groups in total. The van der Waals surface area contributed by atoms with Crippen molar-refractivity contribution in [2.75, 3.05) is 5.32 Å². The van der Waals surface area contributed by atoms with Gasteiger partial charge in [-0.05, 0) is 52.7 Å². The molecular formula is C16H22FN3. The van der Waals surface area contributed by atoms with Gasteiger partial charge in [0, 0.05) is 17.1 Å². The molecule has 0 radical (unpaired) electrons. The summed E-state index contributed by atoms with van der Waals surface area (Å²) in [5.41, 5.74) is 0.715. The predicted molar refractivity (Wildman–Crippen MR) is 79.1 cm³/mol. The molecule has 0 spiro atoms. The molecule has 0 atom stereocenters. The SMILES string of the molecule is CC1(C)CC(Nc2cccc(F)c2C#N)CC(C)(C)N1. The maximum atomic E-state index is 13.6. The fourth-order valence-corrected chi connectivity index (χ4v) is 3.40. The minimum atomic E-state index is -0.468. The molecule has 1 fully saturated rings. The maximum Gasteiger partial charge on any atom is 0.143 e. The molecule has 1 aliphatic heterocycles. The highest BCUT2D eigenvalue weighted by Crippen LogP contribution is 2.31. The van der Waals surface area contributed by atoms with Crippen LogP contribution in [-0.4, -0.2) is 17.1 Å². The summed E-state index contributed by atoms with van der Waals surface area (Å²) in [7, 11) is 0. The van der Waals surface area contributed by atoms with E-state index in [-0.39, 0.29) is 22.7 Å². The molecule has 0 bridgehead atoms. The summed E-state index contributed by atoms with van der Waals surface area (Å²) in [4.78, 5) is 0. The highest BCUT2D eigenvalue weighted by Gasteiger charge is 2.37. The van der Waals surface area contributed by atoms with Crippen molar-refractivity contribution in [1.82, 2.24) is 5.32 Å². The van der Waals surface area contributed by atoms with Crippen molar-refractivity contribution < 1.29 is 4.39 Å². The first-order chi connectivity index (χ1) is 9.22. The van der Waals surface area contributed by atoms with Crippen LogP contribution in [0, 0.1) is 17.1 Å². The smallest absolute Gasteiger partial charge is 0.143 e. The van der Waals surface area contributed by atoms with E-state index in [0.717, 1.165) is 12.8 Å². The van der Waals surface area contributed by atoms with Crippen LogP contribution in [0.3, 0.4) is 0 Å². The summed E-state index contributed by atoms with van der Waals surface area (Å²) in [6, 6.07) is 6.88. The van der Waals surface area contributed by atoms with Crippen molar-refractivity contribution >= 4 is 5.69 Å². The van der Waals surface area contributed by atoms with Crippen LogP contribution < -0.4 is 10.6 Å². The van der Waals surface area contributed by atoms with E-state index in [4.69, 9.17) is 5.26 Å². The first-order valence-corrected chi connectivity index (χ1v) is 6.97. The summed E-state index contributed by atoms with van der Waals surface area (Å²) >= 11 is 0. The molecule has 2 rings (SSSR count). The molecule has 1 heterocycles. The molecule has 108 valence electrons. The van der Waals surface area contributed by atoms with Crippen molar-refractivity contribution in [3.63, 3.8) is 0 Å². The van der Waals surface area contributed by atoms with Gasteiger partial charge in [0.05, 0.1) is 5.69 Å². The van der Waals surface area contributed by atoms with E-state index in [1.807, 2.05) is 6.07 Å². The van der Waals surface area contributed by atoms with Crippen LogP contribution in [0.4, 0.5) is 10.1 Å². The highest BCUT2D eigenvalue weighted by atomic mass is 19.1. The number of hydrogen-bond donors (Lipinski definition) is 2. The van der Waals surface area contributed by atoms with E-state index in [0.29, 0.717) is 5.69 Å². The van der Waals surface area contributed by atoms with Crippen LogP contribution in [0.2, 0.25) is 0 Å². The molecule has 0 aromatic heterocycles. The Hall–Kier alpha value is -1.60. The molecule has 0 amide bonds. The molecule has 0 saturated carbocycles. The molecule has 4 heteroatoms. The Labute approximate surface area is 120 Å². The van der Waals surface area contributed by atoms with Gasteiger partial charge in [0.15, 0.2) is 0 Å². The molecule has 20 heavy (non-hydrogen) atoms. The van der Waals surface area contributed by atoms with Gasteiger partial charge >= 0.3 is 0 Å². The summed E-state index contributed by atoms with van der Waals surface area (Å²) in [6.07, 6.45) is 1.86. The van der Waals surface area contributed by atoms with Gasteiger partial charge in [0.2, 0.25) is 0 Å². The standard InChI is InChI=1S/C16H22FN3/c1-15(2)8-11(9-16(3,4)20-15)19-14-7-5-6-13(17)12(14)10-18/h5-7,11,19-20H,8-9H2,1-4H3. The van der Waals surface area contributed by atoms with E-state index >= 15 is 0 Å². The van der Waals surface area contributed by atoms with E-state index < -0.39 is 5.82 Å². The Morgan fingerprint density at radius 3 is 2.40 bits per heavy atom. The van der Waals surface area contributed by atoms with Crippen LogP contribution >= 0.6 is 0 Å². The van der Waals surface area contributed by atoms with Gasteiger partial charge in [-0.3, -0.25) is 0 Å². The van der Waals surface area contributed by atoms with Gasteiger partial charge in [0.25, 0.3) is 0 Å². The Morgan fingerprint density at radius 2 is 1.85 bits per heavy atom. The van der Waals surface area contributed by atoms with Crippen LogP contribution in [0.25, 0.3) is 0 Å². The molecule has 1 aromatic carbocycles. The fourth-order valence-electron chi connectivity index (χ4n) is 3.40. The lowest BCUT2D eigenvalue weighted by Gasteiger charge is -2.47. The third-order valence-corrected chi connectivity index (χ3v) is 3.68. The Balaban J connectivity index is 2.22. The molecule has 1 saturated heterocycles. The third-order valence-electron chi connectivity index (χ3n) is 3.68. The normalized spacial score (nSPS) is 21.2. The number of hydrogen-bond acceptors (Lipinski definition) is 3. The second kappa shape index (κ2) is 5.06. The van der Waals surface area contributed by atoms with Gasteiger partial charge < -0.3 is 10.6 Å². The zero-order valence-electron chi connectivity index (χ0n) is 12.5. The molecule has 3 nitrogen and oxygen atoms in total. The summed E-state index contributed by atoms with van der Waals surface area (Å²) in [5.74, 6) is -0.468. The first kappa shape index (κ1) is 14.8. The number of piperidine rings is 1. The molecule has 1 aromatic rings. The van der Waals surface area contributed by atoms with Gasteiger partial charge in [-0.2, -0.15) is 5.26 Å². The largest absolute Gasteiger partial charge is 0.381 e. The monoisotopic (exact) mass is 275 g/mol. The number of anilines is 1. The summed E-state index contributed by atoms with van der Waals surface area (Å²) in [5, 5.41) is 16.1. The summed E-state index contributed by atoms with van der Waals surface area (Å²) in [6.45, 7) is 8.66. The average Bonchev–Trinajstić information content (AvgIpc) is 2.24. The number of nitrogens with one attached hydrogen (secondary N) is 2. The lowest BCUT2D eigenvalue weighted by molar-refractivity contribution is 0.170. The number of benzene rings is 1. The maximum absolute atomic E-state index is 13.6. The van der Waals surface area contributed by atoms with Gasteiger partial charge in [-0.25, -0.2) is 4.39 Å². The molecule has 1 aliphatic rings. The number of nitrogens with zero attached hydrogens (tertiary/aromatic N) is 1. The zero-order valence-corrected chi connectivity index (χ0v) is 12.5. The second-order valence-electron chi connectivity index (χ2n) is 6.92. The third kappa shape index (κ3) is 3.29. The first-order valence-electron chi connectivity index (χ1n) is 6.97. The predicted octanol–water partition coefficient (Wildman–Crippen LogP) is 3.42. The minimum absolute atomic E-state index is 0.0134. The van der Waals surface area contributed by atoms with Gasteiger partial charge in [-0.15, -0.1) is 0 Å². The number of halogens is 1. The van der Waals surface area contributed by atoms with E-state index in [1.165, 1.54) is 6.07 Å². The lowest BCUT2D eigenvalue weighted by atomic mass is 9.79. The van der Waals surface area contributed by atoms with Crippen molar-refractivity contribution in [3.05, 3.63) is 29.6 Å². The molecule has 0 aliphatic carbocycles. The summed E-state index contributed by atoms with van der Waals surface area (Å²) < 4.78 is 13.6. The molecule has 0 unspecified atom stereocenters. The number of rotatable bonds is 2. The fraction of sp³-hybridized carbons (Fsp3) is 0.562. The van der Waals surface area contributed by atoms with Crippen molar-refractivity contribution in [1.29, 1.82) is 5.26 Å². The zero-order chi connectivity index (χ0) is 15.0. The minimum Gasteiger partial charge on any atom is -0.381 e. The van der Waals surface area contributed by atoms with Crippen LogP contribution in [0.1, 0.15) is 46.1 Å². The van der Waals surface area contributed by atoms with E-state index in [9.17, 15) is 4.39 Å². The number of nitriles is 1. The quantitative estimate of drug-likeness (QED) is 0.869. The van der Waals surface area contributed by atoms with Crippen molar-refractivity contribution in [3.8, 4) is 6.07 Å². The van der Waals surface area contributed by atoms with E-state index in [1.54, 1.807) is 12.1 Å². The lowest BCUT2D eigenvalue weighted by Crippen LogP contribution is -2.60. The Morgan fingerprint density at radius 1 is 1.25 bits per heavy atom. The average molecular weight is 275 g/mol. The van der Waals surface area contributed by atoms with Gasteiger partial charge in [-0.1, -0.05) is 6.07 Å². The molecular weight excluding hydrogens is 253 g/mol. The van der Waals surface area contributed by atoms with Crippen LogP contribution in [0.15, 0.2) is 18.2 Å². The van der Waals surface area contributed by atoms with Crippen molar-refractivity contribution in [2.24, 2.45) is 0 Å². The topological polar surface area (TPSA) is 47.9 Å². The van der Waals surface area contributed by atoms with Crippen LogP contribution in [-0.2, 0) is 0 Å². The Kier molecular flexibility index (Phi) is 3.75. The van der Waals surface area contributed by atoms with E-state index in [2.05, 4.69) is 38.3 Å². The van der Waals surface area contributed by atoms with Gasteiger partial charge in [0.1, 0.15) is 17.4 Å². The highest BCUT2D eigenvalue weighted by molar-refractivity contribution is 5.58. The van der Waals surface area contributed by atoms with Crippen LogP contribution in [0.5, 0.6) is 0 Å².